The molecular formula is C9H14N4O4. The van der Waals surface area contributed by atoms with Crippen LogP contribution in [-0.2, 0) is 11.8 Å². The molecule has 1 aromatic rings. The minimum Gasteiger partial charge on any atom is -0.480 e. The third kappa shape index (κ3) is 2.52. The number of anilines is 1. The van der Waals surface area contributed by atoms with Crippen LogP contribution in [0.15, 0.2) is 0 Å². The highest BCUT2D eigenvalue weighted by Gasteiger charge is 2.27. The molecule has 0 amide bonds. The Morgan fingerprint density at radius 3 is 2.71 bits per heavy atom. The van der Waals surface area contributed by atoms with E-state index in [0.717, 1.165) is 0 Å². The molecule has 1 aromatic heterocycles. The summed E-state index contributed by atoms with van der Waals surface area (Å²) in [5.74, 6) is -0.942. The molecule has 0 aliphatic heterocycles. The zero-order chi connectivity index (χ0) is 13.2. The van der Waals surface area contributed by atoms with E-state index in [1.165, 1.54) is 18.7 Å². The summed E-state index contributed by atoms with van der Waals surface area (Å²) < 4.78 is 1.28. The van der Waals surface area contributed by atoms with Crippen LogP contribution in [0.25, 0.3) is 0 Å². The van der Waals surface area contributed by atoms with E-state index in [1.807, 2.05) is 0 Å². The van der Waals surface area contributed by atoms with Gasteiger partial charge in [0.1, 0.15) is 11.7 Å². The summed E-state index contributed by atoms with van der Waals surface area (Å²) in [5.41, 5.74) is 0.0624. The van der Waals surface area contributed by atoms with Gasteiger partial charge in [-0.05, 0) is 13.3 Å². The first-order valence-corrected chi connectivity index (χ1v) is 5.05. The highest BCUT2D eigenvalue weighted by molar-refractivity contribution is 5.78. The second-order valence-electron chi connectivity index (χ2n) is 3.61. The second-order valence-corrected chi connectivity index (χ2v) is 3.61. The van der Waals surface area contributed by atoms with Crippen LogP contribution in [0.5, 0.6) is 0 Å². The molecule has 2 N–H and O–H groups in total. The van der Waals surface area contributed by atoms with Crippen LogP contribution in [0.1, 0.15) is 19.0 Å². The number of carbonyl (C=O) groups is 1. The van der Waals surface area contributed by atoms with Crippen molar-refractivity contribution < 1.29 is 14.8 Å². The van der Waals surface area contributed by atoms with Gasteiger partial charge in [0.25, 0.3) is 0 Å². The van der Waals surface area contributed by atoms with Gasteiger partial charge in [-0.3, -0.25) is 10.1 Å². The lowest BCUT2D eigenvalue weighted by atomic mass is 10.2. The average molecular weight is 242 g/mol. The number of hydrogen-bond acceptors (Lipinski definition) is 5. The maximum atomic E-state index is 10.9. The molecule has 0 unspecified atom stereocenters. The van der Waals surface area contributed by atoms with Crippen molar-refractivity contribution in [2.24, 2.45) is 7.05 Å². The fourth-order valence-electron chi connectivity index (χ4n) is 1.53. The smallest absolute Gasteiger partial charge is 0.333 e. The highest BCUT2D eigenvalue weighted by atomic mass is 16.6. The second kappa shape index (κ2) is 4.81. The molecule has 94 valence electrons. The fraction of sp³-hybridized carbons (Fsp3) is 0.556. The van der Waals surface area contributed by atoms with Crippen molar-refractivity contribution in [3.05, 3.63) is 15.8 Å². The topological polar surface area (TPSA) is 110 Å². The molecular weight excluding hydrogens is 228 g/mol. The van der Waals surface area contributed by atoms with Gasteiger partial charge in [-0.2, -0.15) is 5.10 Å². The number of aryl methyl sites for hydroxylation is 2. The zero-order valence-corrected chi connectivity index (χ0v) is 9.80. The maximum Gasteiger partial charge on any atom is 0.333 e. The molecule has 0 aliphatic carbocycles. The molecule has 1 heterocycles. The van der Waals surface area contributed by atoms with Crippen LogP contribution in [0, 0.1) is 17.0 Å². The lowest BCUT2D eigenvalue weighted by Gasteiger charge is -2.12. The minimum atomic E-state index is -1.05. The normalized spacial score (nSPS) is 12.2. The minimum absolute atomic E-state index is 0.113. The number of nitrogens with zero attached hydrogens (tertiary/aromatic N) is 3. The van der Waals surface area contributed by atoms with Crippen molar-refractivity contribution in [2.75, 3.05) is 5.32 Å². The molecule has 8 nitrogen and oxygen atoms in total. The maximum absolute atomic E-state index is 10.9. The van der Waals surface area contributed by atoms with Crippen LogP contribution in [0.2, 0.25) is 0 Å². The Labute approximate surface area is 97.4 Å². The van der Waals surface area contributed by atoms with E-state index in [9.17, 15) is 14.9 Å². The lowest BCUT2D eigenvalue weighted by molar-refractivity contribution is -0.384. The third-order valence-corrected chi connectivity index (χ3v) is 2.39. The van der Waals surface area contributed by atoms with E-state index in [1.54, 1.807) is 6.92 Å². The standard InChI is InChI=1S/C9H14N4O4/c1-4-6(9(14)15)10-8-7(13(16)17)5(2)11-12(8)3/h6,10H,4H2,1-3H3,(H,14,15)/t6-/m0/s1. The molecule has 17 heavy (non-hydrogen) atoms. The highest BCUT2D eigenvalue weighted by Crippen LogP contribution is 2.28. The Hall–Kier alpha value is -2.12. The van der Waals surface area contributed by atoms with Gasteiger partial charge in [0.15, 0.2) is 0 Å². The van der Waals surface area contributed by atoms with Crippen LogP contribution >= 0.6 is 0 Å². The van der Waals surface area contributed by atoms with Crippen molar-refractivity contribution in [3.63, 3.8) is 0 Å². The van der Waals surface area contributed by atoms with Gasteiger partial charge in [-0.1, -0.05) is 6.92 Å². The van der Waals surface area contributed by atoms with E-state index in [-0.39, 0.29) is 17.2 Å². The van der Waals surface area contributed by atoms with Gasteiger partial charge in [0.05, 0.1) is 4.92 Å². The van der Waals surface area contributed by atoms with Crippen LogP contribution in [-0.4, -0.2) is 31.8 Å². The quantitative estimate of drug-likeness (QED) is 0.586. The van der Waals surface area contributed by atoms with Gasteiger partial charge < -0.3 is 10.4 Å². The first kappa shape index (κ1) is 12.9. The van der Waals surface area contributed by atoms with E-state index in [2.05, 4.69) is 10.4 Å². The van der Waals surface area contributed by atoms with Crippen LogP contribution < -0.4 is 5.32 Å². The first-order chi connectivity index (χ1) is 7.88. The van der Waals surface area contributed by atoms with Crippen molar-refractivity contribution in [1.82, 2.24) is 9.78 Å². The summed E-state index contributed by atoms with van der Waals surface area (Å²) in [4.78, 5) is 21.2. The first-order valence-electron chi connectivity index (χ1n) is 5.05. The molecule has 1 atom stereocenters. The molecule has 0 saturated carbocycles. The summed E-state index contributed by atoms with van der Waals surface area (Å²) in [6, 6.07) is -0.872. The number of nitrogens with one attached hydrogen (secondary N) is 1. The molecule has 0 fully saturated rings. The third-order valence-electron chi connectivity index (χ3n) is 2.39. The summed E-state index contributed by atoms with van der Waals surface area (Å²) in [6.45, 7) is 3.19. The van der Waals surface area contributed by atoms with Crippen LogP contribution in [0.3, 0.4) is 0 Å². The van der Waals surface area contributed by atoms with Gasteiger partial charge in [-0.15, -0.1) is 0 Å². The SMILES string of the molecule is CC[C@H](Nc1c([N+](=O)[O-])c(C)nn1C)C(=O)O. The Balaban J connectivity index is 3.13. The molecule has 0 bridgehead atoms. The average Bonchev–Trinajstić information content (AvgIpc) is 2.49. The summed E-state index contributed by atoms with van der Waals surface area (Å²) >= 11 is 0. The van der Waals surface area contributed by atoms with E-state index in [4.69, 9.17) is 5.11 Å². The number of hydrogen-bond donors (Lipinski definition) is 2. The van der Waals surface area contributed by atoms with E-state index < -0.39 is 16.9 Å². The Morgan fingerprint density at radius 2 is 2.29 bits per heavy atom. The Bertz CT molecular complexity index is 454. The molecule has 0 spiro atoms. The number of nitro groups is 1. The number of carboxylic acids is 1. The molecule has 0 aromatic carbocycles. The van der Waals surface area contributed by atoms with Crippen molar-refractivity contribution in [1.29, 1.82) is 0 Å². The Kier molecular flexibility index (Phi) is 3.66. The molecule has 1 rings (SSSR count). The van der Waals surface area contributed by atoms with E-state index in [0.29, 0.717) is 6.42 Å². The number of carboxylic acid groups (broad SMARTS) is 1. The van der Waals surface area contributed by atoms with Gasteiger partial charge in [0, 0.05) is 7.05 Å². The predicted octanol–water partition coefficient (Wildman–Crippen LogP) is 0.912. The predicted molar refractivity (Wildman–Crippen MR) is 59.9 cm³/mol. The summed E-state index contributed by atoms with van der Waals surface area (Å²) in [7, 11) is 1.52. The molecule has 0 saturated heterocycles. The largest absolute Gasteiger partial charge is 0.480 e. The molecule has 0 radical (unpaired) electrons. The van der Waals surface area contributed by atoms with Gasteiger partial charge in [0.2, 0.25) is 5.82 Å². The zero-order valence-electron chi connectivity index (χ0n) is 9.80. The van der Waals surface area contributed by atoms with Crippen molar-refractivity contribution in [3.8, 4) is 0 Å². The fourth-order valence-corrected chi connectivity index (χ4v) is 1.53. The monoisotopic (exact) mass is 242 g/mol. The van der Waals surface area contributed by atoms with Gasteiger partial charge in [-0.25, -0.2) is 9.48 Å². The molecule has 0 aliphatic rings. The Morgan fingerprint density at radius 1 is 1.71 bits per heavy atom. The molecule has 8 heteroatoms. The van der Waals surface area contributed by atoms with Crippen LogP contribution in [0.4, 0.5) is 11.5 Å². The number of aromatic nitrogens is 2. The van der Waals surface area contributed by atoms with Crippen molar-refractivity contribution in [2.45, 2.75) is 26.3 Å². The van der Waals surface area contributed by atoms with Crippen molar-refractivity contribution >= 4 is 17.5 Å². The summed E-state index contributed by atoms with van der Waals surface area (Å²) in [5, 5.41) is 26.3. The summed E-state index contributed by atoms with van der Waals surface area (Å²) in [6.07, 6.45) is 0.316. The van der Waals surface area contributed by atoms with Gasteiger partial charge >= 0.3 is 11.7 Å². The van der Waals surface area contributed by atoms with E-state index >= 15 is 0 Å². The number of rotatable bonds is 5. The lowest BCUT2D eigenvalue weighted by Crippen LogP contribution is -2.29. The number of aliphatic carboxylic acids is 1.